The van der Waals surface area contributed by atoms with E-state index in [9.17, 15) is 19.8 Å². The van der Waals surface area contributed by atoms with Crippen LogP contribution in [0.2, 0.25) is 0 Å². The van der Waals surface area contributed by atoms with E-state index in [-0.39, 0.29) is 18.5 Å². The number of nitrogens with one attached hydrogen (secondary N) is 1. The largest absolute Gasteiger partial charge is 0.466 e. The van der Waals surface area contributed by atoms with E-state index >= 15 is 0 Å². The number of rotatable bonds is 53. The molecule has 0 aliphatic rings. The zero-order valence-electron chi connectivity index (χ0n) is 43.5. The molecule has 0 saturated carbocycles. The van der Waals surface area contributed by atoms with Crippen LogP contribution in [0, 0.1) is 0 Å². The first-order valence-corrected chi connectivity index (χ1v) is 28.8. The third-order valence-electron chi connectivity index (χ3n) is 13.2. The van der Waals surface area contributed by atoms with Crippen LogP contribution in [-0.2, 0) is 14.3 Å². The van der Waals surface area contributed by atoms with Crippen LogP contribution in [0.25, 0.3) is 0 Å². The number of hydrogen-bond donors (Lipinski definition) is 3. The van der Waals surface area contributed by atoms with E-state index in [0.717, 1.165) is 64.2 Å². The highest BCUT2D eigenvalue weighted by molar-refractivity contribution is 5.76. The molecule has 0 heterocycles. The minimum Gasteiger partial charge on any atom is -0.466 e. The van der Waals surface area contributed by atoms with E-state index in [0.29, 0.717) is 19.4 Å². The Balaban J connectivity index is 3.51. The summed E-state index contributed by atoms with van der Waals surface area (Å²) < 4.78 is 5.47. The predicted octanol–water partition coefficient (Wildman–Crippen LogP) is 17.6. The van der Waals surface area contributed by atoms with Crippen LogP contribution >= 0.6 is 0 Å². The van der Waals surface area contributed by atoms with Gasteiger partial charge >= 0.3 is 5.97 Å². The summed E-state index contributed by atoms with van der Waals surface area (Å²) in [4.78, 5) is 24.6. The molecule has 0 rings (SSSR count). The number of allylic oxidation sites excluding steroid dienone is 5. The lowest BCUT2D eigenvalue weighted by Crippen LogP contribution is -2.45. The smallest absolute Gasteiger partial charge is 0.305 e. The minimum atomic E-state index is -0.863. The molecule has 6 nitrogen and oxygen atoms in total. The summed E-state index contributed by atoms with van der Waals surface area (Å²) in [5.41, 5.74) is 0. The van der Waals surface area contributed by atoms with Gasteiger partial charge in [0.1, 0.15) is 0 Å². The molecule has 1 amide bonds. The van der Waals surface area contributed by atoms with Gasteiger partial charge in [-0.25, -0.2) is 0 Å². The van der Waals surface area contributed by atoms with E-state index in [4.69, 9.17) is 4.74 Å². The molecule has 6 heteroatoms. The highest BCUT2D eigenvalue weighted by Gasteiger charge is 2.18. The number of carbonyl (C=O) groups is 2. The van der Waals surface area contributed by atoms with Gasteiger partial charge < -0.3 is 20.3 Å². The number of amides is 1. The van der Waals surface area contributed by atoms with Gasteiger partial charge in [0.15, 0.2) is 0 Å². The lowest BCUT2D eigenvalue weighted by molar-refractivity contribution is -0.143. The van der Waals surface area contributed by atoms with E-state index in [1.54, 1.807) is 6.08 Å². The van der Waals surface area contributed by atoms with Crippen molar-refractivity contribution in [3.05, 3.63) is 36.5 Å². The van der Waals surface area contributed by atoms with E-state index in [2.05, 4.69) is 43.5 Å². The van der Waals surface area contributed by atoms with Gasteiger partial charge in [-0.15, -0.1) is 0 Å². The highest BCUT2D eigenvalue weighted by Crippen LogP contribution is 2.16. The number of esters is 1. The Labute approximate surface area is 404 Å². The van der Waals surface area contributed by atoms with Crippen molar-refractivity contribution in [2.75, 3.05) is 13.2 Å². The molecule has 2 unspecified atom stereocenters. The van der Waals surface area contributed by atoms with Crippen molar-refractivity contribution in [3.63, 3.8) is 0 Å². The lowest BCUT2D eigenvalue weighted by atomic mass is 10.0. The van der Waals surface area contributed by atoms with Crippen molar-refractivity contribution < 1.29 is 24.5 Å². The monoisotopic (exact) mass is 914 g/mol. The number of aliphatic hydroxyl groups is 2. The van der Waals surface area contributed by atoms with Crippen LogP contribution in [0.4, 0.5) is 0 Å². The molecular formula is C59H111NO5. The molecule has 0 aromatic carbocycles. The summed E-state index contributed by atoms with van der Waals surface area (Å²) in [7, 11) is 0. The quantitative estimate of drug-likeness (QED) is 0.0321. The molecule has 0 spiro atoms. The summed E-state index contributed by atoms with van der Waals surface area (Å²) in [6.07, 6.45) is 67.3. The summed E-state index contributed by atoms with van der Waals surface area (Å²) in [6.45, 7) is 4.83. The first-order chi connectivity index (χ1) is 32.0. The van der Waals surface area contributed by atoms with E-state index < -0.39 is 12.1 Å². The van der Waals surface area contributed by atoms with Gasteiger partial charge in [-0.1, -0.05) is 262 Å². The first kappa shape index (κ1) is 63.1. The third kappa shape index (κ3) is 51.3. The van der Waals surface area contributed by atoms with Gasteiger partial charge in [-0.3, -0.25) is 9.59 Å². The molecule has 0 fully saturated rings. The fraction of sp³-hybridized carbons (Fsp3) is 0.864. The minimum absolute atomic E-state index is 0.0307. The fourth-order valence-electron chi connectivity index (χ4n) is 8.72. The molecule has 2 atom stereocenters. The molecule has 0 aliphatic heterocycles. The Morgan fingerprint density at radius 3 is 1.20 bits per heavy atom. The number of unbranched alkanes of at least 4 members (excludes halogenated alkanes) is 38. The second-order valence-corrected chi connectivity index (χ2v) is 19.6. The standard InChI is InChI=1S/C59H111NO5/c1-3-5-7-9-11-13-15-17-19-21-23-25-26-28-30-32-35-39-43-47-51-57(62)56(55-61)60-58(63)52-48-44-40-36-34-38-42-46-50-54-65-59(64)53-49-45-41-37-33-31-29-27-24-22-20-18-16-14-12-10-8-6-4-2/h12,14,18,20,47,51,56-57,61-62H,3-11,13,15-17,19,21-46,48-50,52-55H2,1-2H3,(H,60,63)/b14-12-,20-18-,51-47+. The number of hydrogen-bond acceptors (Lipinski definition) is 5. The summed E-state index contributed by atoms with van der Waals surface area (Å²) in [5, 5.41) is 23.1. The molecule has 0 aromatic heterocycles. The molecule has 0 radical (unpaired) electrons. The summed E-state index contributed by atoms with van der Waals surface area (Å²) in [6, 6.07) is -0.650. The average molecular weight is 915 g/mol. The SMILES string of the molecule is CCCCC/C=C\C/C=C\CCCCCCCCCCCC(=O)OCCCCCCCCCCCC(=O)NC(CO)C(O)/C=C/CCCCCCCCCCCCCCCCCCCC. The molecule has 382 valence electrons. The Bertz CT molecular complexity index is 1060. The number of ether oxygens (including phenoxy) is 1. The van der Waals surface area contributed by atoms with Crippen LogP contribution in [0.5, 0.6) is 0 Å². The molecular weight excluding hydrogens is 803 g/mol. The molecule has 3 N–H and O–H groups in total. The second-order valence-electron chi connectivity index (χ2n) is 19.6. The van der Waals surface area contributed by atoms with Crippen LogP contribution in [0.1, 0.15) is 303 Å². The molecule has 0 bridgehead atoms. The highest BCUT2D eigenvalue weighted by atomic mass is 16.5. The third-order valence-corrected chi connectivity index (χ3v) is 13.2. The maximum atomic E-state index is 12.5. The zero-order valence-corrected chi connectivity index (χ0v) is 43.5. The van der Waals surface area contributed by atoms with Crippen LogP contribution in [0.3, 0.4) is 0 Å². The van der Waals surface area contributed by atoms with Crippen molar-refractivity contribution in [1.82, 2.24) is 5.32 Å². The Morgan fingerprint density at radius 2 is 0.769 bits per heavy atom. The van der Waals surface area contributed by atoms with Crippen LogP contribution in [-0.4, -0.2) is 47.4 Å². The van der Waals surface area contributed by atoms with E-state index in [1.807, 2.05) is 6.08 Å². The van der Waals surface area contributed by atoms with Gasteiger partial charge in [0.2, 0.25) is 5.91 Å². The molecule has 0 saturated heterocycles. The van der Waals surface area contributed by atoms with Gasteiger partial charge in [0, 0.05) is 12.8 Å². The van der Waals surface area contributed by atoms with Crippen LogP contribution < -0.4 is 5.32 Å². The zero-order chi connectivity index (χ0) is 47.2. The Kier molecular flexibility index (Phi) is 53.1. The average Bonchev–Trinajstić information content (AvgIpc) is 3.31. The number of aliphatic hydroxyl groups excluding tert-OH is 2. The van der Waals surface area contributed by atoms with Crippen molar-refractivity contribution in [3.8, 4) is 0 Å². The normalized spacial score (nSPS) is 12.9. The van der Waals surface area contributed by atoms with Crippen LogP contribution in [0.15, 0.2) is 36.5 Å². The van der Waals surface area contributed by atoms with Gasteiger partial charge in [0.05, 0.1) is 25.4 Å². The van der Waals surface area contributed by atoms with Gasteiger partial charge in [0.25, 0.3) is 0 Å². The second kappa shape index (κ2) is 54.7. The van der Waals surface area contributed by atoms with Crippen molar-refractivity contribution >= 4 is 11.9 Å². The molecule has 0 aliphatic carbocycles. The summed E-state index contributed by atoms with van der Waals surface area (Å²) >= 11 is 0. The Hall–Kier alpha value is -1.92. The van der Waals surface area contributed by atoms with E-state index in [1.165, 1.54) is 212 Å². The topological polar surface area (TPSA) is 95.9 Å². The van der Waals surface area contributed by atoms with Crippen molar-refractivity contribution in [2.45, 2.75) is 315 Å². The lowest BCUT2D eigenvalue weighted by Gasteiger charge is -2.20. The predicted molar refractivity (Wildman–Crippen MR) is 283 cm³/mol. The summed E-state index contributed by atoms with van der Waals surface area (Å²) in [5.74, 6) is -0.125. The Morgan fingerprint density at radius 1 is 0.431 bits per heavy atom. The fourth-order valence-corrected chi connectivity index (χ4v) is 8.72. The maximum absolute atomic E-state index is 12.5. The van der Waals surface area contributed by atoms with Gasteiger partial charge in [-0.05, 0) is 64.2 Å². The van der Waals surface area contributed by atoms with Crippen molar-refractivity contribution in [1.29, 1.82) is 0 Å². The molecule has 0 aromatic rings. The van der Waals surface area contributed by atoms with Crippen molar-refractivity contribution in [2.24, 2.45) is 0 Å². The maximum Gasteiger partial charge on any atom is 0.305 e. The molecule has 65 heavy (non-hydrogen) atoms. The number of carbonyl (C=O) groups excluding carboxylic acids is 2. The first-order valence-electron chi connectivity index (χ1n) is 28.8. The van der Waals surface area contributed by atoms with Gasteiger partial charge in [-0.2, -0.15) is 0 Å².